The van der Waals surface area contributed by atoms with Gasteiger partial charge in [-0.15, -0.1) is 0 Å². The Morgan fingerprint density at radius 1 is 1.00 bits per heavy atom. The van der Waals surface area contributed by atoms with Gasteiger partial charge in [0, 0.05) is 0 Å². The number of hydrogen-bond donors (Lipinski definition) is 2. The highest BCUT2D eigenvalue weighted by Crippen LogP contribution is 2.31. The number of imide groups is 1. The molecular weight excluding hydrogens is 246 g/mol. The van der Waals surface area contributed by atoms with Crippen molar-refractivity contribution in [2.24, 2.45) is 0 Å². The molecule has 3 atom stereocenters. The lowest BCUT2D eigenvalue weighted by Gasteiger charge is -2.35. The van der Waals surface area contributed by atoms with Crippen molar-refractivity contribution in [3.8, 4) is 0 Å². The first-order valence-corrected chi connectivity index (χ1v) is 6.42. The predicted molar refractivity (Wildman–Crippen MR) is 66.6 cm³/mol. The Labute approximate surface area is 110 Å². The van der Waals surface area contributed by atoms with Gasteiger partial charge in [-0.25, -0.2) is 0 Å². The molecule has 0 spiro atoms. The summed E-state index contributed by atoms with van der Waals surface area (Å²) in [5.74, 6) is -0.752. The quantitative estimate of drug-likeness (QED) is 0.724. The first kappa shape index (κ1) is 12.3. The van der Waals surface area contributed by atoms with Crippen molar-refractivity contribution in [2.45, 2.75) is 37.5 Å². The summed E-state index contributed by atoms with van der Waals surface area (Å²) in [6.45, 7) is 0. The van der Waals surface area contributed by atoms with Gasteiger partial charge in [-0.1, -0.05) is 12.1 Å². The second kappa shape index (κ2) is 4.43. The van der Waals surface area contributed by atoms with Crippen LogP contribution in [0.4, 0.5) is 0 Å². The summed E-state index contributed by atoms with van der Waals surface area (Å²) in [6.07, 6.45) is -0.185. The van der Waals surface area contributed by atoms with Gasteiger partial charge in [0.05, 0.1) is 29.4 Å². The Kier molecular flexibility index (Phi) is 2.88. The molecule has 0 unspecified atom stereocenters. The molecule has 1 heterocycles. The molecule has 100 valence electrons. The topological polar surface area (TPSA) is 77.8 Å². The van der Waals surface area contributed by atoms with Gasteiger partial charge in [-0.05, 0) is 31.4 Å². The van der Waals surface area contributed by atoms with Gasteiger partial charge in [0.25, 0.3) is 11.8 Å². The number of amides is 2. The maximum atomic E-state index is 12.3. The SMILES string of the molecule is O=C1c2ccccc2C(=O)N1[C@@H]1C[C@H](O)CC[C@@H]1O. The second-order valence-corrected chi connectivity index (χ2v) is 5.13. The molecule has 0 saturated heterocycles. The van der Waals surface area contributed by atoms with Crippen LogP contribution in [0.1, 0.15) is 40.0 Å². The van der Waals surface area contributed by atoms with E-state index in [0.717, 1.165) is 4.90 Å². The van der Waals surface area contributed by atoms with Crippen molar-refractivity contribution >= 4 is 11.8 Å². The average Bonchev–Trinajstić information content (AvgIpc) is 2.66. The van der Waals surface area contributed by atoms with Crippen LogP contribution in [0.25, 0.3) is 0 Å². The van der Waals surface area contributed by atoms with E-state index in [4.69, 9.17) is 0 Å². The van der Waals surface area contributed by atoms with Gasteiger partial charge in [0.2, 0.25) is 0 Å². The smallest absolute Gasteiger partial charge is 0.261 e. The molecule has 2 N–H and O–H groups in total. The molecule has 0 aromatic heterocycles. The Bertz CT molecular complexity index is 507. The van der Waals surface area contributed by atoms with Crippen LogP contribution >= 0.6 is 0 Å². The summed E-state index contributed by atoms with van der Waals surface area (Å²) in [6, 6.07) is 6.01. The molecule has 2 aliphatic rings. The van der Waals surface area contributed by atoms with E-state index in [9.17, 15) is 19.8 Å². The van der Waals surface area contributed by atoms with E-state index >= 15 is 0 Å². The monoisotopic (exact) mass is 261 g/mol. The van der Waals surface area contributed by atoms with Crippen molar-refractivity contribution in [1.29, 1.82) is 0 Å². The van der Waals surface area contributed by atoms with Gasteiger partial charge < -0.3 is 10.2 Å². The number of aliphatic hydroxyl groups excluding tert-OH is 2. The van der Waals surface area contributed by atoms with E-state index in [0.29, 0.717) is 24.0 Å². The summed E-state index contributed by atoms with van der Waals surface area (Å²) >= 11 is 0. The van der Waals surface area contributed by atoms with Crippen molar-refractivity contribution in [1.82, 2.24) is 4.90 Å². The molecule has 1 saturated carbocycles. The van der Waals surface area contributed by atoms with E-state index in [-0.39, 0.29) is 18.2 Å². The van der Waals surface area contributed by atoms with E-state index in [2.05, 4.69) is 0 Å². The average molecular weight is 261 g/mol. The van der Waals surface area contributed by atoms with Crippen molar-refractivity contribution in [3.05, 3.63) is 35.4 Å². The number of carbonyl (C=O) groups excluding carboxylic acids is 2. The minimum atomic E-state index is -0.759. The fraction of sp³-hybridized carbons (Fsp3) is 0.429. The third-order valence-corrected chi connectivity index (χ3v) is 3.91. The van der Waals surface area contributed by atoms with Crippen LogP contribution in [0.2, 0.25) is 0 Å². The zero-order valence-corrected chi connectivity index (χ0v) is 10.3. The summed E-state index contributed by atoms with van der Waals surface area (Å²) in [5.41, 5.74) is 0.750. The molecule has 1 aliphatic carbocycles. The third kappa shape index (κ3) is 1.86. The number of fused-ring (bicyclic) bond motifs is 1. The van der Waals surface area contributed by atoms with Gasteiger partial charge in [-0.2, -0.15) is 0 Å². The number of nitrogens with zero attached hydrogens (tertiary/aromatic N) is 1. The normalized spacial score (nSPS) is 30.6. The molecule has 5 nitrogen and oxygen atoms in total. The van der Waals surface area contributed by atoms with Crippen LogP contribution < -0.4 is 0 Å². The van der Waals surface area contributed by atoms with E-state index in [1.54, 1.807) is 24.3 Å². The lowest BCUT2D eigenvalue weighted by atomic mass is 9.89. The standard InChI is InChI=1S/C14H15NO4/c16-8-5-6-12(17)11(7-8)15-13(18)9-3-1-2-4-10(9)14(15)19/h1-4,8,11-12,16-17H,5-7H2/t8-,11-,12+/m1/s1. The predicted octanol–water partition coefficient (Wildman–Crippen LogP) is 0.557. The molecule has 5 heteroatoms. The lowest BCUT2D eigenvalue weighted by molar-refractivity contribution is -0.0118. The fourth-order valence-corrected chi connectivity index (χ4v) is 2.90. The van der Waals surface area contributed by atoms with Crippen molar-refractivity contribution in [3.63, 3.8) is 0 Å². The summed E-state index contributed by atoms with van der Waals surface area (Å²) < 4.78 is 0. The largest absolute Gasteiger partial charge is 0.393 e. The molecule has 1 fully saturated rings. The Morgan fingerprint density at radius 2 is 1.58 bits per heavy atom. The Morgan fingerprint density at radius 3 is 2.16 bits per heavy atom. The van der Waals surface area contributed by atoms with E-state index in [1.165, 1.54) is 0 Å². The first-order valence-electron chi connectivity index (χ1n) is 6.42. The van der Waals surface area contributed by atoms with Crippen LogP contribution in [0, 0.1) is 0 Å². The highest BCUT2D eigenvalue weighted by atomic mass is 16.3. The van der Waals surface area contributed by atoms with E-state index in [1.807, 2.05) is 0 Å². The molecule has 2 amide bonds. The van der Waals surface area contributed by atoms with Gasteiger partial charge >= 0.3 is 0 Å². The minimum absolute atomic E-state index is 0.243. The van der Waals surface area contributed by atoms with Gasteiger partial charge in [0.15, 0.2) is 0 Å². The summed E-state index contributed by atoms with van der Waals surface area (Å²) in [5, 5.41) is 19.7. The Balaban J connectivity index is 1.95. The molecule has 0 bridgehead atoms. The molecule has 1 aliphatic heterocycles. The summed E-state index contributed by atoms with van der Waals surface area (Å²) in [7, 11) is 0. The highest BCUT2D eigenvalue weighted by molar-refractivity contribution is 6.21. The summed E-state index contributed by atoms with van der Waals surface area (Å²) in [4.78, 5) is 25.7. The van der Waals surface area contributed by atoms with Crippen LogP contribution in [0.5, 0.6) is 0 Å². The van der Waals surface area contributed by atoms with Crippen LogP contribution in [0.15, 0.2) is 24.3 Å². The molecule has 19 heavy (non-hydrogen) atoms. The van der Waals surface area contributed by atoms with Crippen molar-refractivity contribution < 1.29 is 19.8 Å². The molecule has 1 aromatic carbocycles. The maximum absolute atomic E-state index is 12.3. The van der Waals surface area contributed by atoms with Crippen molar-refractivity contribution in [2.75, 3.05) is 0 Å². The highest BCUT2D eigenvalue weighted by Gasteiger charge is 2.44. The molecular formula is C14H15NO4. The number of aliphatic hydroxyl groups is 2. The van der Waals surface area contributed by atoms with Crippen LogP contribution in [0.3, 0.4) is 0 Å². The molecule has 0 radical (unpaired) electrons. The number of carbonyl (C=O) groups is 2. The zero-order chi connectivity index (χ0) is 13.6. The Hall–Kier alpha value is -1.72. The van der Waals surface area contributed by atoms with Gasteiger partial charge in [0.1, 0.15) is 0 Å². The number of benzene rings is 1. The fourth-order valence-electron chi connectivity index (χ4n) is 2.90. The first-order chi connectivity index (χ1) is 9.09. The molecule has 3 rings (SSSR count). The zero-order valence-electron chi connectivity index (χ0n) is 10.3. The number of rotatable bonds is 1. The van der Waals surface area contributed by atoms with Crippen LogP contribution in [-0.4, -0.2) is 45.2 Å². The third-order valence-electron chi connectivity index (χ3n) is 3.91. The number of hydrogen-bond acceptors (Lipinski definition) is 4. The van der Waals surface area contributed by atoms with Crippen LogP contribution in [-0.2, 0) is 0 Å². The van der Waals surface area contributed by atoms with E-state index < -0.39 is 18.2 Å². The molecule has 1 aromatic rings. The maximum Gasteiger partial charge on any atom is 0.261 e. The van der Waals surface area contributed by atoms with Gasteiger partial charge in [-0.3, -0.25) is 14.5 Å². The lowest BCUT2D eigenvalue weighted by Crippen LogP contribution is -2.51. The minimum Gasteiger partial charge on any atom is -0.393 e. The second-order valence-electron chi connectivity index (χ2n) is 5.13.